The Morgan fingerprint density at radius 3 is 0.838 bits per heavy atom. The summed E-state index contributed by atoms with van der Waals surface area (Å²) < 4.78 is 38.2. The molecule has 0 N–H and O–H groups in total. The van der Waals surface area contributed by atoms with Gasteiger partial charge in [-0.25, -0.2) is 29.9 Å². The van der Waals surface area contributed by atoms with E-state index in [0.717, 1.165) is 99.9 Å². The van der Waals surface area contributed by atoms with Crippen molar-refractivity contribution >= 4 is 24.2 Å². The number of ether oxygens (including phenoxy) is 4. The molecule has 0 amide bonds. The number of hydrogen-bond donors (Lipinski definition) is 0. The van der Waals surface area contributed by atoms with Gasteiger partial charge in [0.1, 0.15) is 0 Å². The Morgan fingerprint density at radius 1 is 0.208 bits per heavy atom. The van der Waals surface area contributed by atoms with Crippen molar-refractivity contribution in [3.8, 4) is 159 Å². The Kier molecular flexibility index (Phi) is 20.5. The van der Waals surface area contributed by atoms with Gasteiger partial charge in [-0.3, -0.25) is 0 Å². The molecule has 17 aromatic carbocycles. The summed E-state index contributed by atoms with van der Waals surface area (Å²) in [6, 6.07) is 146. The summed E-state index contributed by atoms with van der Waals surface area (Å²) in [7, 11) is -0.419. The highest BCUT2D eigenvalue weighted by atomic mass is 35.5. The summed E-state index contributed by atoms with van der Waals surface area (Å²) in [5.41, 5.74) is 23.5. The predicted molar refractivity (Wildman–Crippen MR) is 518 cm³/mol. The molecule has 622 valence electrons. The van der Waals surface area contributed by atoms with E-state index in [2.05, 4.69) is 234 Å². The third-order valence-corrected chi connectivity index (χ3v) is 25.8. The maximum Gasteiger partial charge on any atom is 0.494 e. The van der Waals surface area contributed by atoms with Crippen LogP contribution in [0.1, 0.15) is 72.2 Å². The van der Waals surface area contributed by atoms with Crippen LogP contribution in [-0.2, 0) is 20.1 Å². The van der Waals surface area contributed by atoms with Crippen LogP contribution >= 0.6 is 11.6 Å². The third kappa shape index (κ3) is 14.5. The largest absolute Gasteiger partial charge is 0.494 e. The van der Waals surface area contributed by atoms with Crippen LogP contribution in [-0.4, -0.2) is 48.2 Å². The van der Waals surface area contributed by atoms with E-state index in [0.29, 0.717) is 69.4 Å². The van der Waals surface area contributed by atoms with Crippen molar-refractivity contribution in [2.24, 2.45) is 0 Å². The fourth-order valence-electron chi connectivity index (χ4n) is 18.5. The molecular formula is C116H82BClN6O6. The molecule has 1 fully saturated rings. The first-order valence-corrected chi connectivity index (χ1v) is 44.0. The summed E-state index contributed by atoms with van der Waals surface area (Å²) >= 11 is 6.15. The highest BCUT2D eigenvalue weighted by molar-refractivity contribution is 6.62. The van der Waals surface area contributed by atoms with Gasteiger partial charge in [-0.2, -0.15) is 0 Å². The lowest BCUT2D eigenvalue weighted by Crippen LogP contribution is -2.41. The van der Waals surface area contributed by atoms with Gasteiger partial charge >= 0.3 is 7.12 Å². The van der Waals surface area contributed by atoms with E-state index in [-0.39, 0.29) is 0 Å². The maximum atomic E-state index is 6.48. The van der Waals surface area contributed by atoms with Crippen LogP contribution in [0.2, 0.25) is 5.02 Å². The van der Waals surface area contributed by atoms with E-state index in [1.54, 1.807) is 0 Å². The van der Waals surface area contributed by atoms with Gasteiger partial charge in [0.05, 0.1) is 22.0 Å². The number of nitrogens with zero attached hydrogens (tertiary/aromatic N) is 6. The molecule has 0 radical (unpaired) electrons. The number of aromatic nitrogens is 6. The Morgan fingerprint density at radius 2 is 0.469 bits per heavy atom. The molecule has 0 bridgehead atoms. The average molecular weight is 1700 g/mol. The second-order valence-corrected chi connectivity index (χ2v) is 34.3. The SMILES string of the molecule is CC1(C)OB(c2ccc(C3(c4ccc5c(c4)Oc4ccccc4O5)c4ccccc4-c4ccccc43)cc2)OC1(C)C.Clc1cccc(-c2ccc(-c3nc(-c4ccccc4)nc(-c4ccccc4)n3)cc2)c1.c1ccc(-c2nc(-c3ccccc3)nc(-c3cccc(-c4ccc(C5(c6ccc7c(c6)Oc6ccccc6O7)c6ccccc6-c6ccccc65)cc4)c3)n2)cc1. The fraction of sp³-hybridized carbons (Fsp3) is 0.0690. The molecule has 5 aliphatic rings. The van der Waals surface area contributed by atoms with E-state index >= 15 is 0 Å². The van der Waals surface area contributed by atoms with Gasteiger partial charge in [-0.1, -0.05) is 370 Å². The monoisotopic (exact) mass is 1700 g/mol. The summed E-state index contributed by atoms with van der Waals surface area (Å²) in [4.78, 5) is 29.1. The summed E-state index contributed by atoms with van der Waals surface area (Å²) in [5.74, 6) is 9.55. The Hall–Kier alpha value is -15.8. The van der Waals surface area contributed by atoms with Gasteiger partial charge in [0, 0.05) is 38.4 Å². The molecule has 3 aliphatic heterocycles. The lowest BCUT2D eigenvalue weighted by molar-refractivity contribution is 0.00578. The van der Waals surface area contributed by atoms with Crippen molar-refractivity contribution in [3.05, 3.63) is 474 Å². The zero-order valence-electron chi connectivity index (χ0n) is 71.5. The molecule has 1 saturated heterocycles. The second kappa shape index (κ2) is 33.2. The lowest BCUT2D eigenvalue weighted by Gasteiger charge is -2.34. The molecule has 2 aromatic heterocycles. The van der Waals surface area contributed by atoms with Crippen LogP contribution in [0.5, 0.6) is 46.0 Å². The summed E-state index contributed by atoms with van der Waals surface area (Å²) in [6.07, 6.45) is 0. The van der Waals surface area contributed by atoms with E-state index < -0.39 is 29.2 Å². The van der Waals surface area contributed by atoms with Gasteiger partial charge in [-0.15, -0.1) is 0 Å². The molecule has 0 saturated carbocycles. The Balaban J connectivity index is 0.000000120. The zero-order valence-corrected chi connectivity index (χ0v) is 72.3. The highest BCUT2D eigenvalue weighted by Gasteiger charge is 2.53. The minimum Gasteiger partial charge on any atom is -0.450 e. The molecule has 5 heterocycles. The maximum absolute atomic E-state index is 6.48. The third-order valence-electron chi connectivity index (χ3n) is 25.6. The predicted octanol–water partition coefficient (Wildman–Crippen LogP) is 28.2. The van der Waals surface area contributed by atoms with E-state index in [1.165, 1.54) is 44.5 Å². The smallest absolute Gasteiger partial charge is 0.450 e. The number of hydrogen-bond acceptors (Lipinski definition) is 12. The van der Waals surface area contributed by atoms with Crippen LogP contribution in [0.4, 0.5) is 0 Å². The first-order valence-electron chi connectivity index (χ1n) is 43.6. The lowest BCUT2D eigenvalue weighted by atomic mass is 9.66. The summed E-state index contributed by atoms with van der Waals surface area (Å²) in [6.45, 7) is 8.35. The van der Waals surface area contributed by atoms with E-state index in [4.69, 9.17) is 69.8 Å². The van der Waals surface area contributed by atoms with Crippen LogP contribution in [0.3, 0.4) is 0 Å². The molecule has 130 heavy (non-hydrogen) atoms. The molecule has 0 unspecified atom stereocenters. The minimum absolute atomic E-state index is 0.398. The van der Waals surface area contributed by atoms with Crippen LogP contribution in [0.25, 0.3) is 113 Å². The summed E-state index contributed by atoms with van der Waals surface area (Å²) in [5, 5.41) is 0.721. The number of rotatable bonds is 13. The van der Waals surface area contributed by atoms with Gasteiger partial charge in [0.15, 0.2) is 80.9 Å². The Labute approximate surface area is 760 Å². The number of halogens is 1. The molecule has 0 spiro atoms. The van der Waals surface area contributed by atoms with Crippen molar-refractivity contribution in [1.82, 2.24) is 29.9 Å². The number of benzene rings is 17. The van der Waals surface area contributed by atoms with Gasteiger partial charge in [0.25, 0.3) is 0 Å². The minimum atomic E-state index is -0.602. The van der Waals surface area contributed by atoms with Crippen LogP contribution in [0.15, 0.2) is 425 Å². The van der Waals surface area contributed by atoms with Crippen molar-refractivity contribution in [1.29, 1.82) is 0 Å². The Bertz CT molecular complexity index is 7290. The first kappa shape index (κ1) is 80.1. The second-order valence-electron chi connectivity index (χ2n) is 33.8. The molecule has 14 heteroatoms. The molecular weight excluding hydrogens is 1620 g/mol. The molecule has 24 rings (SSSR count). The van der Waals surface area contributed by atoms with Crippen molar-refractivity contribution in [2.75, 3.05) is 0 Å². The van der Waals surface area contributed by atoms with Crippen LogP contribution < -0.4 is 24.4 Å². The number of fused-ring (bicyclic) bond motifs is 10. The first-order chi connectivity index (χ1) is 63.8. The molecule has 2 aliphatic carbocycles. The standard InChI is InChI=1S/C52H33N3O2.C37H31BO4.C27H18ClN3/c1-3-14-35(15-4-1)49-53-50(36-16-5-2-6-17-36)55-51(54-49)38-19-13-18-37(32-38)34-26-28-39(29-27-34)52(43-22-9-7-20-41(43)42-21-8-10-23-44(42)52)40-30-31-47-48(33-40)57-46-25-12-11-24-45(46)56-47;1-35(2)36(3,4)42-38(41-35)26-20-17-24(18-21-26)37(29-13-7-5-11-27(29)28-12-6-8-14-30(28)37)25-19-22-33-34(23-25)40-32-16-10-9-15-31(32)39-33;28-24-13-7-12-23(18-24)19-14-16-22(17-15-19)27-30-25(20-8-3-1-4-9-20)29-26(31-27)21-10-5-2-6-11-21/h1-33H;5-23H,1-4H3;1-18H. The molecule has 0 atom stereocenters. The van der Waals surface area contributed by atoms with Gasteiger partial charge < -0.3 is 28.3 Å². The van der Waals surface area contributed by atoms with Crippen molar-refractivity contribution in [3.63, 3.8) is 0 Å². The van der Waals surface area contributed by atoms with E-state index in [1.807, 2.05) is 218 Å². The number of para-hydroxylation sites is 4. The fourth-order valence-corrected chi connectivity index (χ4v) is 18.7. The van der Waals surface area contributed by atoms with Crippen LogP contribution in [0, 0.1) is 0 Å². The average Bonchev–Trinajstić information content (AvgIpc) is 1.54. The van der Waals surface area contributed by atoms with Gasteiger partial charge in [-0.05, 0) is 189 Å². The molecule has 19 aromatic rings. The zero-order chi connectivity index (χ0) is 87.5. The normalized spacial score (nSPS) is 14.1. The van der Waals surface area contributed by atoms with E-state index in [9.17, 15) is 0 Å². The van der Waals surface area contributed by atoms with Gasteiger partial charge in [0.2, 0.25) is 0 Å². The van der Waals surface area contributed by atoms with Crippen molar-refractivity contribution in [2.45, 2.75) is 49.7 Å². The van der Waals surface area contributed by atoms with Crippen molar-refractivity contribution < 1.29 is 28.3 Å². The topological polar surface area (TPSA) is 133 Å². The highest BCUT2D eigenvalue weighted by Crippen LogP contribution is 2.61. The molecule has 12 nitrogen and oxygen atoms in total. The quantitative estimate of drug-likeness (QED) is 0.102.